The number of fused-ring (bicyclic) bond motifs is 2. The van der Waals surface area contributed by atoms with E-state index in [4.69, 9.17) is 5.26 Å². The van der Waals surface area contributed by atoms with E-state index in [9.17, 15) is 14.7 Å². The van der Waals surface area contributed by atoms with Crippen LogP contribution in [0, 0.1) is 35.0 Å². The van der Waals surface area contributed by atoms with Gasteiger partial charge >= 0.3 is 5.97 Å². The molecule has 3 aliphatic carbocycles. The van der Waals surface area contributed by atoms with Gasteiger partial charge in [0.2, 0.25) is 5.91 Å². The molecule has 1 aromatic rings. The predicted molar refractivity (Wildman–Crippen MR) is 79.8 cm³/mol. The number of nitrogens with zero attached hydrogens (tertiary/aromatic N) is 1. The third-order valence-corrected chi connectivity index (χ3v) is 4.60. The molecule has 1 aromatic carbocycles. The van der Waals surface area contributed by atoms with E-state index >= 15 is 0 Å². The monoisotopic (exact) mass is 296 g/mol. The highest BCUT2D eigenvalue weighted by atomic mass is 16.4. The summed E-state index contributed by atoms with van der Waals surface area (Å²) in [6, 6.07) is 8.65. The summed E-state index contributed by atoms with van der Waals surface area (Å²) in [7, 11) is 0. The molecule has 1 fully saturated rings. The summed E-state index contributed by atoms with van der Waals surface area (Å²) < 4.78 is 0. The lowest BCUT2D eigenvalue weighted by Crippen LogP contribution is -2.47. The van der Waals surface area contributed by atoms with E-state index in [-0.39, 0.29) is 17.7 Å². The number of anilines is 1. The molecule has 1 saturated carbocycles. The third kappa shape index (κ3) is 2.48. The predicted octanol–water partition coefficient (Wildman–Crippen LogP) is 2.41. The van der Waals surface area contributed by atoms with Crippen molar-refractivity contribution in [3.05, 3.63) is 42.0 Å². The second-order valence-corrected chi connectivity index (χ2v) is 5.86. The molecule has 4 unspecified atom stereocenters. The summed E-state index contributed by atoms with van der Waals surface area (Å²) in [5, 5.41) is 21.1. The highest BCUT2D eigenvalue weighted by Gasteiger charge is 2.48. The van der Waals surface area contributed by atoms with Gasteiger partial charge in [0.25, 0.3) is 0 Å². The van der Waals surface area contributed by atoms with Crippen LogP contribution in [0.1, 0.15) is 18.4 Å². The Morgan fingerprint density at radius 2 is 1.86 bits per heavy atom. The fourth-order valence-corrected chi connectivity index (χ4v) is 3.58. The number of hydrogen-bond donors (Lipinski definition) is 2. The van der Waals surface area contributed by atoms with Gasteiger partial charge in [-0.2, -0.15) is 5.26 Å². The van der Waals surface area contributed by atoms with Crippen LogP contribution in [-0.4, -0.2) is 17.0 Å². The van der Waals surface area contributed by atoms with Crippen LogP contribution in [0.15, 0.2) is 36.4 Å². The molecule has 0 radical (unpaired) electrons. The number of benzene rings is 1. The summed E-state index contributed by atoms with van der Waals surface area (Å²) in [5.74, 6) is -2.49. The molecule has 112 valence electrons. The lowest BCUT2D eigenvalue weighted by atomic mass is 9.62. The first-order valence-electron chi connectivity index (χ1n) is 7.32. The van der Waals surface area contributed by atoms with Gasteiger partial charge in [-0.1, -0.05) is 18.2 Å². The lowest BCUT2D eigenvalue weighted by Gasteiger charge is -2.41. The number of nitriles is 1. The largest absolute Gasteiger partial charge is 0.481 e. The second-order valence-electron chi connectivity index (χ2n) is 5.86. The van der Waals surface area contributed by atoms with Gasteiger partial charge in [0.1, 0.15) is 0 Å². The number of allylic oxidation sites excluding steroid dienone is 2. The number of carboxylic acid groups (broad SMARTS) is 1. The Labute approximate surface area is 128 Å². The van der Waals surface area contributed by atoms with Crippen molar-refractivity contribution >= 4 is 17.6 Å². The number of nitrogens with one attached hydrogen (secondary N) is 1. The highest BCUT2D eigenvalue weighted by Crippen LogP contribution is 2.45. The average molecular weight is 296 g/mol. The second kappa shape index (κ2) is 5.64. The van der Waals surface area contributed by atoms with Crippen molar-refractivity contribution in [2.24, 2.45) is 23.7 Å². The van der Waals surface area contributed by atoms with E-state index in [0.717, 1.165) is 12.8 Å². The average Bonchev–Trinajstić information content (AvgIpc) is 2.55. The standard InChI is InChI=1S/C17H16N2O3/c18-9-10-2-1-3-13(8-10)19-16(20)14-11-4-6-12(7-5-11)15(14)17(21)22/h1-4,6,8,11-12,14-15H,5,7H2,(H,19,20)(H,21,22). The van der Waals surface area contributed by atoms with Crippen LogP contribution in [0.5, 0.6) is 0 Å². The molecule has 4 rings (SSSR count). The van der Waals surface area contributed by atoms with E-state index < -0.39 is 17.8 Å². The Kier molecular flexibility index (Phi) is 3.68. The van der Waals surface area contributed by atoms with Crippen molar-refractivity contribution in [2.75, 3.05) is 5.32 Å². The molecule has 2 bridgehead atoms. The molecular weight excluding hydrogens is 280 g/mol. The molecule has 5 heteroatoms. The maximum absolute atomic E-state index is 12.6. The molecule has 2 N–H and O–H groups in total. The van der Waals surface area contributed by atoms with E-state index in [1.54, 1.807) is 24.3 Å². The van der Waals surface area contributed by atoms with Gasteiger partial charge in [-0.05, 0) is 42.9 Å². The molecule has 22 heavy (non-hydrogen) atoms. The number of aliphatic carboxylic acids is 1. The molecule has 0 aliphatic heterocycles. The van der Waals surface area contributed by atoms with Crippen molar-refractivity contribution in [2.45, 2.75) is 12.8 Å². The van der Waals surface area contributed by atoms with Crippen LogP contribution >= 0.6 is 0 Å². The maximum Gasteiger partial charge on any atom is 0.307 e. The Bertz CT molecular complexity index is 689. The molecule has 4 atom stereocenters. The minimum absolute atomic E-state index is 0.0229. The smallest absolute Gasteiger partial charge is 0.307 e. The molecule has 0 heterocycles. The number of carboxylic acids is 1. The van der Waals surface area contributed by atoms with E-state index in [0.29, 0.717) is 11.3 Å². The molecule has 3 aliphatic rings. The number of hydrogen-bond acceptors (Lipinski definition) is 3. The Morgan fingerprint density at radius 3 is 2.45 bits per heavy atom. The maximum atomic E-state index is 12.6. The van der Waals surface area contributed by atoms with Crippen LogP contribution in [0.2, 0.25) is 0 Å². The third-order valence-electron chi connectivity index (χ3n) is 4.60. The molecule has 0 aromatic heterocycles. The zero-order valence-corrected chi connectivity index (χ0v) is 11.9. The number of amides is 1. The SMILES string of the molecule is N#Cc1cccc(NC(=O)C2C3C=CC(CC3)C2C(=O)O)c1. The van der Waals surface area contributed by atoms with Gasteiger partial charge in [-0.3, -0.25) is 9.59 Å². The minimum Gasteiger partial charge on any atom is -0.481 e. The first-order valence-corrected chi connectivity index (χ1v) is 7.32. The normalized spacial score (nSPS) is 28.9. The molecule has 5 nitrogen and oxygen atoms in total. The van der Waals surface area contributed by atoms with Crippen molar-refractivity contribution in [3.8, 4) is 6.07 Å². The zero-order chi connectivity index (χ0) is 15.7. The topological polar surface area (TPSA) is 90.2 Å². The fourth-order valence-electron chi connectivity index (χ4n) is 3.58. The number of rotatable bonds is 3. The Hall–Kier alpha value is -2.61. The van der Waals surface area contributed by atoms with E-state index in [1.807, 2.05) is 18.2 Å². The van der Waals surface area contributed by atoms with Crippen molar-refractivity contribution in [1.29, 1.82) is 5.26 Å². The zero-order valence-electron chi connectivity index (χ0n) is 11.9. The van der Waals surface area contributed by atoms with Crippen molar-refractivity contribution in [1.82, 2.24) is 0 Å². The minimum atomic E-state index is -0.912. The van der Waals surface area contributed by atoms with Crippen LogP contribution in [0.3, 0.4) is 0 Å². The quantitative estimate of drug-likeness (QED) is 0.838. The lowest BCUT2D eigenvalue weighted by molar-refractivity contribution is -0.151. The van der Waals surface area contributed by atoms with E-state index in [1.165, 1.54) is 0 Å². The van der Waals surface area contributed by atoms with Gasteiger partial charge < -0.3 is 10.4 Å². The molecule has 0 saturated heterocycles. The summed E-state index contributed by atoms with van der Waals surface area (Å²) in [6.07, 6.45) is 5.59. The summed E-state index contributed by atoms with van der Waals surface area (Å²) in [4.78, 5) is 24.1. The van der Waals surface area contributed by atoms with Gasteiger partial charge in [-0.15, -0.1) is 0 Å². The number of carbonyl (C=O) groups is 2. The van der Waals surface area contributed by atoms with Crippen molar-refractivity contribution < 1.29 is 14.7 Å². The van der Waals surface area contributed by atoms with Crippen LogP contribution in [0.25, 0.3) is 0 Å². The van der Waals surface area contributed by atoms with Gasteiger partial charge in [0.15, 0.2) is 0 Å². The van der Waals surface area contributed by atoms with E-state index in [2.05, 4.69) is 5.32 Å². The Balaban J connectivity index is 1.83. The fraction of sp³-hybridized carbons (Fsp3) is 0.353. The van der Waals surface area contributed by atoms with Gasteiger partial charge in [-0.25, -0.2) is 0 Å². The van der Waals surface area contributed by atoms with Crippen molar-refractivity contribution in [3.63, 3.8) is 0 Å². The first-order chi connectivity index (χ1) is 10.6. The summed E-state index contributed by atoms with van der Waals surface area (Å²) in [6.45, 7) is 0. The number of carbonyl (C=O) groups excluding carboxylic acids is 1. The first kappa shape index (κ1) is 14.3. The molecular formula is C17H16N2O3. The highest BCUT2D eigenvalue weighted by molar-refractivity contribution is 5.96. The van der Waals surface area contributed by atoms with Gasteiger partial charge in [0, 0.05) is 5.69 Å². The summed E-state index contributed by atoms with van der Waals surface area (Å²) >= 11 is 0. The summed E-state index contributed by atoms with van der Waals surface area (Å²) in [5.41, 5.74) is 0.983. The molecule has 1 amide bonds. The Morgan fingerprint density at radius 1 is 1.18 bits per heavy atom. The molecule has 0 spiro atoms. The van der Waals surface area contributed by atoms with Crippen LogP contribution in [0.4, 0.5) is 5.69 Å². The van der Waals surface area contributed by atoms with Crippen LogP contribution < -0.4 is 5.32 Å². The van der Waals surface area contributed by atoms with Crippen LogP contribution in [-0.2, 0) is 9.59 Å². The van der Waals surface area contributed by atoms with Gasteiger partial charge in [0.05, 0.1) is 23.5 Å².